The van der Waals surface area contributed by atoms with Gasteiger partial charge in [0.1, 0.15) is 0 Å². The molecule has 118 valence electrons. The molecule has 2 aromatic carbocycles. The van der Waals surface area contributed by atoms with Gasteiger partial charge in [0, 0.05) is 8.95 Å². The maximum Gasteiger partial charge on any atom is 0.165 e. The zero-order valence-corrected chi connectivity index (χ0v) is 14.7. The number of halogens is 4. The highest BCUT2D eigenvalue weighted by molar-refractivity contribution is 9.10. The molecule has 1 aliphatic carbocycles. The molecule has 1 N–H and O–H groups in total. The highest BCUT2D eigenvalue weighted by Gasteiger charge is 2.22. The summed E-state index contributed by atoms with van der Waals surface area (Å²) in [4.78, 5) is 0. The molecule has 0 aliphatic heterocycles. The van der Waals surface area contributed by atoms with Crippen molar-refractivity contribution < 1.29 is 18.6 Å². The van der Waals surface area contributed by atoms with E-state index in [1.54, 1.807) is 12.1 Å². The minimum atomic E-state index is -0.599. The van der Waals surface area contributed by atoms with E-state index >= 15 is 0 Å². The molecule has 0 saturated heterocycles. The molecule has 2 nitrogen and oxygen atoms in total. The SMILES string of the molecule is Fc1ccc(Br)cc1OCC1CC1.Oc1cc(Br)ccc1F. The summed E-state index contributed by atoms with van der Waals surface area (Å²) in [6.45, 7) is 0.646. The molecule has 1 saturated carbocycles. The van der Waals surface area contributed by atoms with Crippen LogP contribution in [-0.2, 0) is 0 Å². The minimum absolute atomic E-state index is 0.288. The molecule has 0 spiro atoms. The molecular weight excluding hydrogens is 422 g/mol. The number of rotatable bonds is 3. The summed E-state index contributed by atoms with van der Waals surface area (Å²) < 4.78 is 32.2. The second-order valence-corrected chi connectivity index (χ2v) is 6.76. The van der Waals surface area contributed by atoms with Crippen LogP contribution < -0.4 is 4.74 Å². The lowest BCUT2D eigenvalue weighted by atomic mass is 10.3. The Hall–Kier alpha value is -1.14. The van der Waals surface area contributed by atoms with Gasteiger partial charge < -0.3 is 9.84 Å². The summed E-state index contributed by atoms with van der Waals surface area (Å²) in [5.41, 5.74) is 0. The highest BCUT2D eigenvalue weighted by Crippen LogP contribution is 2.30. The van der Waals surface area contributed by atoms with Crippen LogP contribution in [0.5, 0.6) is 11.5 Å². The van der Waals surface area contributed by atoms with E-state index < -0.39 is 5.82 Å². The van der Waals surface area contributed by atoms with E-state index in [9.17, 15) is 8.78 Å². The molecule has 0 atom stereocenters. The highest BCUT2D eigenvalue weighted by atomic mass is 79.9. The van der Waals surface area contributed by atoms with Crippen LogP contribution in [0.15, 0.2) is 45.3 Å². The van der Waals surface area contributed by atoms with E-state index in [4.69, 9.17) is 9.84 Å². The maximum absolute atomic E-state index is 13.1. The molecule has 0 amide bonds. The molecule has 0 aromatic heterocycles. The van der Waals surface area contributed by atoms with Gasteiger partial charge in [-0.2, -0.15) is 0 Å². The predicted molar refractivity (Wildman–Crippen MR) is 88.1 cm³/mol. The van der Waals surface area contributed by atoms with Gasteiger partial charge in [-0.25, -0.2) is 8.78 Å². The van der Waals surface area contributed by atoms with Crippen LogP contribution in [0, 0.1) is 17.6 Å². The summed E-state index contributed by atoms with van der Waals surface area (Å²) in [7, 11) is 0. The van der Waals surface area contributed by atoms with E-state index in [1.807, 2.05) is 0 Å². The van der Waals surface area contributed by atoms with Crippen LogP contribution in [0.4, 0.5) is 8.78 Å². The summed E-state index contributed by atoms with van der Waals surface area (Å²) in [5.74, 6) is -0.217. The molecule has 0 heterocycles. The monoisotopic (exact) mass is 434 g/mol. The first-order valence-electron chi connectivity index (χ1n) is 6.67. The smallest absolute Gasteiger partial charge is 0.165 e. The lowest BCUT2D eigenvalue weighted by Gasteiger charge is -2.06. The Morgan fingerprint density at radius 1 is 1.00 bits per heavy atom. The van der Waals surface area contributed by atoms with Crippen LogP contribution in [0.25, 0.3) is 0 Å². The Morgan fingerprint density at radius 2 is 1.59 bits per heavy atom. The van der Waals surface area contributed by atoms with Gasteiger partial charge in [-0.3, -0.25) is 0 Å². The van der Waals surface area contributed by atoms with E-state index in [2.05, 4.69) is 31.9 Å². The Bertz CT molecular complexity index is 646. The first kappa shape index (κ1) is 17.2. The molecule has 0 radical (unpaired) electrons. The fraction of sp³-hybridized carbons (Fsp3) is 0.250. The van der Waals surface area contributed by atoms with Crippen molar-refractivity contribution in [2.24, 2.45) is 5.92 Å². The Balaban J connectivity index is 0.000000172. The standard InChI is InChI=1S/C10H10BrFO.C6H4BrFO/c11-8-3-4-9(12)10(5-8)13-6-7-1-2-7;7-4-1-2-5(8)6(9)3-4/h3-5,7H,1-2,6H2;1-3,9H. The molecule has 1 fully saturated rings. The van der Waals surface area contributed by atoms with Gasteiger partial charge in [-0.05, 0) is 55.2 Å². The van der Waals surface area contributed by atoms with Crippen LogP contribution >= 0.6 is 31.9 Å². The second kappa shape index (κ2) is 7.92. The lowest BCUT2D eigenvalue weighted by Crippen LogP contribution is -2.00. The summed E-state index contributed by atoms with van der Waals surface area (Å²) in [6.07, 6.45) is 2.44. The Morgan fingerprint density at radius 3 is 2.14 bits per heavy atom. The number of ether oxygens (including phenoxy) is 1. The van der Waals surface area contributed by atoms with Gasteiger partial charge in [0.15, 0.2) is 23.1 Å². The summed E-state index contributed by atoms with van der Waals surface area (Å²) in [6, 6.07) is 8.76. The van der Waals surface area contributed by atoms with E-state index in [0.717, 1.165) is 4.47 Å². The van der Waals surface area contributed by atoms with Crippen molar-refractivity contribution in [3.05, 3.63) is 57.0 Å². The Labute approximate surface area is 144 Å². The first-order chi connectivity index (χ1) is 10.5. The first-order valence-corrected chi connectivity index (χ1v) is 8.26. The average Bonchev–Trinajstić information content (AvgIpc) is 3.29. The van der Waals surface area contributed by atoms with Crippen molar-refractivity contribution in [1.82, 2.24) is 0 Å². The van der Waals surface area contributed by atoms with Crippen molar-refractivity contribution in [3.8, 4) is 11.5 Å². The van der Waals surface area contributed by atoms with Gasteiger partial charge in [0.25, 0.3) is 0 Å². The molecule has 6 heteroatoms. The molecule has 0 unspecified atom stereocenters. The van der Waals surface area contributed by atoms with Crippen LogP contribution in [0.1, 0.15) is 12.8 Å². The van der Waals surface area contributed by atoms with Gasteiger partial charge >= 0.3 is 0 Å². The average molecular weight is 436 g/mol. The third-order valence-electron chi connectivity index (χ3n) is 2.97. The minimum Gasteiger partial charge on any atom is -0.505 e. The van der Waals surface area contributed by atoms with Crippen LogP contribution in [-0.4, -0.2) is 11.7 Å². The van der Waals surface area contributed by atoms with Gasteiger partial charge in [0.05, 0.1) is 6.61 Å². The number of hydrogen-bond acceptors (Lipinski definition) is 2. The number of benzene rings is 2. The normalized spacial score (nSPS) is 13.3. The molecule has 22 heavy (non-hydrogen) atoms. The van der Waals surface area contributed by atoms with E-state index in [0.29, 0.717) is 22.7 Å². The van der Waals surface area contributed by atoms with Gasteiger partial charge in [0.2, 0.25) is 0 Å². The van der Waals surface area contributed by atoms with Crippen LogP contribution in [0.3, 0.4) is 0 Å². The number of aromatic hydroxyl groups is 1. The molecule has 0 bridgehead atoms. The largest absolute Gasteiger partial charge is 0.505 e. The number of hydrogen-bond donors (Lipinski definition) is 1. The van der Waals surface area contributed by atoms with Gasteiger partial charge in [-0.15, -0.1) is 0 Å². The number of phenols is 1. The third-order valence-corrected chi connectivity index (χ3v) is 3.96. The van der Waals surface area contributed by atoms with Crippen molar-refractivity contribution in [2.45, 2.75) is 12.8 Å². The van der Waals surface area contributed by atoms with Crippen LogP contribution in [0.2, 0.25) is 0 Å². The van der Waals surface area contributed by atoms with Crippen molar-refractivity contribution in [3.63, 3.8) is 0 Å². The predicted octanol–water partition coefficient (Wildman–Crippen LogP) is 5.67. The molecule has 3 rings (SSSR count). The third kappa shape index (κ3) is 5.57. The quantitative estimate of drug-likeness (QED) is 0.672. The lowest BCUT2D eigenvalue weighted by molar-refractivity contribution is 0.285. The molecule has 1 aliphatic rings. The maximum atomic E-state index is 13.1. The fourth-order valence-corrected chi connectivity index (χ4v) is 2.25. The summed E-state index contributed by atoms with van der Waals surface area (Å²) >= 11 is 6.34. The summed E-state index contributed by atoms with van der Waals surface area (Å²) in [5, 5.41) is 8.70. The molecule has 2 aromatic rings. The van der Waals surface area contributed by atoms with E-state index in [1.165, 1.54) is 37.1 Å². The zero-order valence-electron chi connectivity index (χ0n) is 11.5. The van der Waals surface area contributed by atoms with Gasteiger partial charge in [-0.1, -0.05) is 31.9 Å². The van der Waals surface area contributed by atoms with Crippen molar-refractivity contribution >= 4 is 31.9 Å². The van der Waals surface area contributed by atoms with E-state index in [-0.39, 0.29) is 11.6 Å². The Kier molecular flexibility index (Phi) is 6.20. The topological polar surface area (TPSA) is 29.5 Å². The number of phenolic OH excluding ortho intramolecular Hbond substituents is 1. The zero-order chi connectivity index (χ0) is 16.1. The molecular formula is C16H14Br2F2O2. The van der Waals surface area contributed by atoms with Crippen molar-refractivity contribution in [1.29, 1.82) is 0 Å². The van der Waals surface area contributed by atoms with Crippen molar-refractivity contribution in [2.75, 3.05) is 6.61 Å². The fourth-order valence-electron chi connectivity index (χ4n) is 1.57. The second-order valence-electron chi connectivity index (χ2n) is 4.92.